The number of hydrogen-bond donors (Lipinski definition) is 2. The van der Waals surface area contributed by atoms with E-state index in [0.29, 0.717) is 30.9 Å². The summed E-state index contributed by atoms with van der Waals surface area (Å²) in [5.41, 5.74) is 0.818. The van der Waals surface area contributed by atoms with Gasteiger partial charge in [0.1, 0.15) is 17.4 Å². The van der Waals surface area contributed by atoms with Crippen LogP contribution in [-0.4, -0.2) is 29.2 Å². The number of esters is 1. The Bertz CT molecular complexity index is 911. The molecule has 0 unspecified atom stereocenters. The van der Waals surface area contributed by atoms with Crippen LogP contribution in [0.5, 0.6) is 5.75 Å². The minimum atomic E-state index is -0.506. The van der Waals surface area contributed by atoms with Gasteiger partial charge in [-0.25, -0.2) is 4.79 Å². The van der Waals surface area contributed by atoms with Gasteiger partial charge in [0.05, 0.1) is 6.61 Å². The number of nitrogens with one attached hydrogen (secondary N) is 2. The van der Waals surface area contributed by atoms with Gasteiger partial charge in [-0.1, -0.05) is 18.2 Å². The van der Waals surface area contributed by atoms with E-state index >= 15 is 0 Å². The van der Waals surface area contributed by atoms with E-state index in [1.165, 1.54) is 0 Å². The average molecular weight is 359 g/mol. The van der Waals surface area contributed by atoms with E-state index in [0.717, 1.165) is 5.56 Å². The minimum absolute atomic E-state index is 0.0125. The van der Waals surface area contributed by atoms with Gasteiger partial charge in [-0.3, -0.25) is 9.78 Å². The maximum absolute atomic E-state index is 11.8. The first kappa shape index (κ1) is 18.4. The third kappa shape index (κ3) is 5.02. The van der Waals surface area contributed by atoms with Crippen molar-refractivity contribution in [3.8, 4) is 11.8 Å². The number of nitrogens with zero attached hydrogens (tertiary/aromatic N) is 1. The first-order valence-corrected chi connectivity index (χ1v) is 8.07. The van der Waals surface area contributed by atoms with Gasteiger partial charge < -0.3 is 14.5 Å². The lowest BCUT2D eigenvalue weighted by Crippen LogP contribution is -2.17. The fourth-order valence-electron chi connectivity index (χ4n) is 2.29. The third-order valence-electron chi connectivity index (χ3n) is 3.40. The standard InChI is InChI=1S/C17H17N3O4S/c1-2-23-15(21)10-24-14-6-4-3-5-11(14)7-8-13-12(9-18)16(22)20-17(25)19-13/h3-6H,2,7-8,10H2,1H3,(H2,19,20,22,25). The SMILES string of the molecule is CCOC(=O)COc1ccccc1CCc1[nH]c(=S)[nH]c(=O)c1C#N. The van der Waals surface area contributed by atoms with Crippen molar-refractivity contribution in [3.63, 3.8) is 0 Å². The topological polar surface area (TPSA) is 108 Å². The van der Waals surface area contributed by atoms with E-state index in [1.54, 1.807) is 19.1 Å². The number of para-hydroxylation sites is 1. The third-order valence-corrected chi connectivity index (χ3v) is 3.60. The summed E-state index contributed by atoms with van der Waals surface area (Å²) >= 11 is 4.95. The number of H-pyrrole nitrogens is 2. The van der Waals surface area contributed by atoms with Gasteiger partial charge in [-0.05, 0) is 43.6 Å². The number of ether oxygens (including phenoxy) is 2. The Balaban J connectivity index is 2.14. The maximum Gasteiger partial charge on any atom is 0.344 e. The lowest BCUT2D eigenvalue weighted by atomic mass is 10.0. The van der Waals surface area contributed by atoms with Gasteiger partial charge in [0.15, 0.2) is 11.4 Å². The lowest BCUT2D eigenvalue weighted by molar-refractivity contribution is -0.145. The van der Waals surface area contributed by atoms with Gasteiger partial charge in [0.2, 0.25) is 0 Å². The predicted molar refractivity (Wildman–Crippen MR) is 92.9 cm³/mol. The lowest BCUT2D eigenvalue weighted by Gasteiger charge is -2.11. The molecular formula is C17H17N3O4S. The molecule has 0 spiro atoms. The zero-order chi connectivity index (χ0) is 18.2. The van der Waals surface area contributed by atoms with Crippen LogP contribution >= 0.6 is 12.2 Å². The molecule has 25 heavy (non-hydrogen) atoms. The first-order chi connectivity index (χ1) is 12.0. The molecule has 0 radical (unpaired) electrons. The summed E-state index contributed by atoms with van der Waals surface area (Å²) in [5.74, 6) is 0.111. The molecule has 8 heteroatoms. The van der Waals surface area contributed by atoms with E-state index < -0.39 is 11.5 Å². The molecule has 0 atom stereocenters. The van der Waals surface area contributed by atoms with Crippen molar-refractivity contribution in [2.75, 3.05) is 13.2 Å². The number of rotatable bonds is 7. The van der Waals surface area contributed by atoms with Crippen molar-refractivity contribution in [3.05, 3.63) is 56.2 Å². The molecule has 0 amide bonds. The second kappa shape index (κ2) is 8.80. The highest BCUT2D eigenvalue weighted by Gasteiger charge is 2.11. The molecule has 2 N–H and O–H groups in total. The number of carbonyl (C=O) groups is 1. The van der Waals surface area contributed by atoms with Crippen LogP contribution in [-0.2, 0) is 22.4 Å². The number of aryl methyl sites for hydroxylation is 2. The Morgan fingerprint density at radius 3 is 2.76 bits per heavy atom. The quantitative estimate of drug-likeness (QED) is 0.578. The van der Waals surface area contributed by atoms with E-state index in [4.69, 9.17) is 27.0 Å². The van der Waals surface area contributed by atoms with Crippen molar-refractivity contribution in [1.82, 2.24) is 9.97 Å². The zero-order valence-corrected chi connectivity index (χ0v) is 14.4. The average Bonchev–Trinajstić information content (AvgIpc) is 2.58. The highest BCUT2D eigenvalue weighted by Crippen LogP contribution is 2.20. The Morgan fingerprint density at radius 2 is 2.04 bits per heavy atom. The fraction of sp³-hybridized carbons (Fsp3) is 0.294. The number of carbonyl (C=O) groups excluding carboxylic acids is 1. The number of nitriles is 1. The van der Waals surface area contributed by atoms with Crippen molar-refractivity contribution in [2.24, 2.45) is 0 Å². The molecule has 1 aromatic carbocycles. The van der Waals surface area contributed by atoms with Crippen LogP contribution in [0.3, 0.4) is 0 Å². The molecule has 130 valence electrons. The molecule has 1 aromatic heterocycles. The summed E-state index contributed by atoms with van der Waals surface area (Å²) in [6.07, 6.45) is 0.901. The largest absolute Gasteiger partial charge is 0.482 e. The van der Waals surface area contributed by atoms with Gasteiger partial charge in [-0.15, -0.1) is 0 Å². The molecule has 0 aliphatic rings. The second-order valence-corrected chi connectivity index (χ2v) is 5.48. The van der Waals surface area contributed by atoms with Crippen molar-refractivity contribution >= 4 is 18.2 Å². The van der Waals surface area contributed by atoms with E-state index in [-0.39, 0.29) is 16.9 Å². The van der Waals surface area contributed by atoms with E-state index in [1.807, 2.05) is 18.2 Å². The summed E-state index contributed by atoms with van der Waals surface area (Å²) in [4.78, 5) is 28.4. The van der Waals surface area contributed by atoms with E-state index in [9.17, 15) is 9.59 Å². The highest BCUT2D eigenvalue weighted by atomic mass is 32.1. The van der Waals surface area contributed by atoms with Gasteiger partial charge in [0.25, 0.3) is 5.56 Å². The smallest absolute Gasteiger partial charge is 0.344 e. The van der Waals surface area contributed by atoms with Crippen LogP contribution in [0.4, 0.5) is 0 Å². The second-order valence-electron chi connectivity index (χ2n) is 5.08. The summed E-state index contributed by atoms with van der Waals surface area (Å²) in [7, 11) is 0. The fourth-order valence-corrected chi connectivity index (χ4v) is 2.51. The van der Waals surface area contributed by atoms with Gasteiger partial charge in [0, 0.05) is 5.69 Å². The Morgan fingerprint density at radius 1 is 1.28 bits per heavy atom. The van der Waals surface area contributed by atoms with E-state index in [2.05, 4.69) is 9.97 Å². The summed E-state index contributed by atoms with van der Waals surface area (Å²) in [6.45, 7) is 1.84. The Kier molecular flexibility index (Phi) is 6.48. The molecule has 0 bridgehead atoms. The molecule has 0 aliphatic carbocycles. The highest BCUT2D eigenvalue weighted by molar-refractivity contribution is 7.71. The Hall–Kier alpha value is -2.92. The van der Waals surface area contributed by atoms with Crippen molar-refractivity contribution in [2.45, 2.75) is 19.8 Å². The monoisotopic (exact) mass is 359 g/mol. The van der Waals surface area contributed by atoms with Gasteiger partial charge >= 0.3 is 5.97 Å². The Labute approximate surface area is 149 Å². The predicted octanol–water partition coefficient (Wildman–Crippen LogP) is 2.03. The molecule has 0 aliphatic heterocycles. The van der Waals surface area contributed by atoms with Crippen LogP contribution in [0.1, 0.15) is 23.7 Å². The zero-order valence-electron chi connectivity index (χ0n) is 13.6. The summed E-state index contributed by atoms with van der Waals surface area (Å²) < 4.78 is 10.5. The minimum Gasteiger partial charge on any atom is -0.482 e. The van der Waals surface area contributed by atoms with Crippen LogP contribution in [0, 0.1) is 16.1 Å². The van der Waals surface area contributed by atoms with Gasteiger partial charge in [-0.2, -0.15) is 5.26 Å². The molecule has 1 heterocycles. The first-order valence-electron chi connectivity index (χ1n) is 7.67. The van der Waals surface area contributed by atoms with Crippen LogP contribution in [0.15, 0.2) is 29.1 Å². The number of aromatic nitrogens is 2. The molecule has 0 saturated heterocycles. The molecular weight excluding hydrogens is 342 g/mol. The molecule has 0 saturated carbocycles. The number of benzene rings is 1. The normalized spacial score (nSPS) is 10.1. The molecule has 7 nitrogen and oxygen atoms in total. The van der Waals surface area contributed by atoms with Crippen LogP contribution in [0.25, 0.3) is 0 Å². The van der Waals surface area contributed by atoms with Crippen molar-refractivity contribution in [1.29, 1.82) is 5.26 Å². The van der Waals surface area contributed by atoms with Crippen LogP contribution in [0.2, 0.25) is 0 Å². The molecule has 2 rings (SSSR count). The summed E-state index contributed by atoms with van der Waals surface area (Å²) in [6, 6.07) is 9.13. The van der Waals surface area contributed by atoms with Crippen LogP contribution < -0.4 is 10.3 Å². The number of hydrogen-bond acceptors (Lipinski definition) is 6. The summed E-state index contributed by atoms with van der Waals surface area (Å²) in [5, 5.41) is 9.14. The maximum atomic E-state index is 11.8. The van der Waals surface area contributed by atoms with Crippen molar-refractivity contribution < 1.29 is 14.3 Å². The number of aromatic amines is 2. The molecule has 2 aromatic rings. The molecule has 0 fully saturated rings.